The lowest BCUT2D eigenvalue weighted by Gasteiger charge is -2.20. The Morgan fingerprint density at radius 3 is 2.47 bits per heavy atom. The molecule has 8 heteroatoms. The predicted molar refractivity (Wildman–Crippen MR) is 72.9 cm³/mol. The Kier molecular flexibility index (Phi) is 4.93. The smallest absolute Gasteiger partial charge is 0.321 e. The molecule has 0 aromatic carbocycles. The van der Waals surface area contributed by atoms with Gasteiger partial charge in [0.2, 0.25) is 11.1 Å². The number of amides is 3. The van der Waals surface area contributed by atoms with Crippen molar-refractivity contribution >= 4 is 23.7 Å². The molecule has 1 aromatic rings. The largest absolute Gasteiger partial charge is 0.333 e. The number of hydrogen-bond donors (Lipinski definition) is 3. The molecule has 19 heavy (non-hydrogen) atoms. The fraction of sp³-hybridized carbons (Fsp3) is 0.636. The molecule has 1 unspecified atom stereocenters. The van der Waals surface area contributed by atoms with Crippen molar-refractivity contribution in [1.29, 1.82) is 0 Å². The number of imide groups is 1. The van der Waals surface area contributed by atoms with Gasteiger partial charge in [-0.2, -0.15) is 0 Å². The van der Waals surface area contributed by atoms with Crippen LogP contribution < -0.4 is 10.6 Å². The number of rotatable bonds is 3. The normalized spacial score (nSPS) is 12.9. The number of carbonyl (C=O) groups excluding carboxylic acids is 2. The monoisotopic (exact) mass is 285 g/mol. The van der Waals surface area contributed by atoms with E-state index in [-0.39, 0.29) is 11.4 Å². The molecule has 0 saturated heterocycles. The van der Waals surface area contributed by atoms with Gasteiger partial charge >= 0.3 is 6.03 Å². The van der Waals surface area contributed by atoms with Crippen molar-refractivity contribution in [3.8, 4) is 0 Å². The second-order valence-electron chi connectivity index (χ2n) is 5.16. The second kappa shape index (κ2) is 6.05. The number of aromatic amines is 1. The minimum atomic E-state index is -0.504. The Morgan fingerprint density at radius 1 is 1.37 bits per heavy atom. The van der Waals surface area contributed by atoms with Crippen LogP contribution in [0.15, 0.2) is 5.16 Å². The van der Waals surface area contributed by atoms with Crippen molar-refractivity contribution in [2.24, 2.45) is 0 Å². The summed E-state index contributed by atoms with van der Waals surface area (Å²) in [5, 5.41) is 11.6. The van der Waals surface area contributed by atoms with Crippen LogP contribution in [0.3, 0.4) is 0 Å². The molecule has 0 aliphatic heterocycles. The van der Waals surface area contributed by atoms with Gasteiger partial charge in [-0.05, 0) is 34.6 Å². The maximum Gasteiger partial charge on any atom is 0.321 e. The number of nitrogens with zero attached hydrogens (tertiary/aromatic N) is 2. The van der Waals surface area contributed by atoms with Crippen molar-refractivity contribution in [2.75, 3.05) is 0 Å². The van der Waals surface area contributed by atoms with Gasteiger partial charge in [-0.3, -0.25) is 15.2 Å². The molecule has 1 atom stereocenters. The van der Waals surface area contributed by atoms with Gasteiger partial charge in [-0.25, -0.2) is 9.78 Å². The van der Waals surface area contributed by atoms with Crippen LogP contribution in [0.2, 0.25) is 0 Å². The van der Waals surface area contributed by atoms with E-state index in [4.69, 9.17) is 0 Å². The molecule has 0 saturated carbocycles. The van der Waals surface area contributed by atoms with Crippen LogP contribution in [0.25, 0.3) is 0 Å². The van der Waals surface area contributed by atoms with Crippen molar-refractivity contribution in [3.05, 3.63) is 5.82 Å². The minimum absolute atomic E-state index is 0.380. The zero-order chi connectivity index (χ0) is 14.6. The highest BCUT2D eigenvalue weighted by atomic mass is 32.2. The van der Waals surface area contributed by atoms with Crippen molar-refractivity contribution in [2.45, 2.75) is 50.6 Å². The number of hydrogen-bond acceptors (Lipinski definition) is 5. The molecule has 0 aliphatic rings. The third kappa shape index (κ3) is 5.73. The molecule has 3 amide bonds. The minimum Gasteiger partial charge on any atom is -0.333 e. The Balaban J connectivity index is 2.47. The lowest BCUT2D eigenvalue weighted by Crippen LogP contribution is -2.49. The molecule has 0 bridgehead atoms. The first-order chi connectivity index (χ1) is 8.67. The van der Waals surface area contributed by atoms with Crippen LogP contribution in [0.1, 0.15) is 33.5 Å². The third-order valence-electron chi connectivity index (χ3n) is 1.95. The Morgan fingerprint density at radius 2 is 2.00 bits per heavy atom. The molecule has 0 spiro atoms. The van der Waals surface area contributed by atoms with Gasteiger partial charge in [0.1, 0.15) is 5.82 Å². The average Bonchev–Trinajstić information content (AvgIpc) is 2.60. The molecule has 7 nitrogen and oxygen atoms in total. The molecule has 0 fully saturated rings. The summed E-state index contributed by atoms with van der Waals surface area (Å²) < 4.78 is 0. The summed E-state index contributed by atoms with van der Waals surface area (Å²) in [6.45, 7) is 8.98. The summed E-state index contributed by atoms with van der Waals surface area (Å²) in [5.41, 5.74) is -0.387. The summed E-state index contributed by atoms with van der Waals surface area (Å²) in [7, 11) is 0. The zero-order valence-corrected chi connectivity index (χ0v) is 12.5. The average molecular weight is 285 g/mol. The predicted octanol–water partition coefficient (Wildman–Crippen LogP) is 1.22. The summed E-state index contributed by atoms with van der Waals surface area (Å²) in [5.74, 6) is 0.301. The maximum absolute atomic E-state index is 11.8. The fourth-order valence-electron chi connectivity index (χ4n) is 1.17. The van der Waals surface area contributed by atoms with Crippen molar-refractivity contribution in [3.63, 3.8) is 0 Å². The van der Waals surface area contributed by atoms with Gasteiger partial charge in [-0.15, -0.1) is 5.10 Å². The van der Waals surface area contributed by atoms with E-state index in [0.29, 0.717) is 11.0 Å². The fourth-order valence-corrected chi connectivity index (χ4v) is 1.94. The lowest BCUT2D eigenvalue weighted by molar-refractivity contribution is -0.119. The molecule has 0 radical (unpaired) electrons. The Hall–Kier alpha value is -1.57. The SMILES string of the molecule is Cc1nc(SC(C)C(=O)NC(=O)NC(C)(C)C)n[nH]1. The van der Waals surface area contributed by atoms with E-state index < -0.39 is 11.3 Å². The molecule has 1 rings (SSSR count). The van der Waals surface area contributed by atoms with Crippen LogP contribution in [0.4, 0.5) is 4.79 Å². The standard InChI is InChI=1S/C11H19N5O2S/c1-6(19-10-12-7(2)15-16-10)8(17)13-9(18)14-11(3,4)5/h6H,1-5H3,(H,12,15,16)(H2,13,14,17,18). The first-order valence-corrected chi connectivity index (χ1v) is 6.74. The van der Waals surface area contributed by atoms with E-state index in [1.807, 2.05) is 20.8 Å². The van der Waals surface area contributed by atoms with Crippen LogP contribution in [-0.4, -0.2) is 37.9 Å². The molecule has 1 heterocycles. The molecule has 106 valence electrons. The van der Waals surface area contributed by atoms with Gasteiger partial charge in [-0.1, -0.05) is 11.8 Å². The number of carbonyl (C=O) groups is 2. The van der Waals surface area contributed by atoms with Crippen molar-refractivity contribution < 1.29 is 9.59 Å². The van der Waals surface area contributed by atoms with E-state index in [9.17, 15) is 9.59 Å². The summed E-state index contributed by atoms with van der Waals surface area (Å²) >= 11 is 1.19. The van der Waals surface area contributed by atoms with Crippen molar-refractivity contribution in [1.82, 2.24) is 25.8 Å². The van der Waals surface area contributed by atoms with Gasteiger partial charge < -0.3 is 5.32 Å². The summed E-state index contributed by atoms with van der Waals surface area (Å²) in [6, 6.07) is -0.504. The quantitative estimate of drug-likeness (QED) is 0.725. The first kappa shape index (κ1) is 15.5. The zero-order valence-electron chi connectivity index (χ0n) is 11.7. The van der Waals surface area contributed by atoms with Crippen LogP contribution in [0, 0.1) is 6.92 Å². The maximum atomic E-state index is 11.8. The van der Waals surface area contributed by atoms with Gasteiger partial charge in [0.15, 0.2) is 0 Å². The van der Waals surface area contributed by atoms with E-state index in [0.717, 1.165) is 0 Å². The highest BCUT2D eigenvalue weighted by Crippen LogP contribution is 2.18. The number of H-pyrrole nitrogens is 1. The first-order valence-electron chi connectivity index (χ1n) is 5.86. The molecular weight excluding hydrogens is 266 g/mol. The topological polar surface area (TPSA) is 99.8 Å². The van der Waals surface area contributed by atoms with Gasteiger partial charge in [0.25, 0.3) is 0 Å². The molecule has 1 aromatic heterocycles. The molecular formula is C11H19N5O2S. The Bertz CT molecular complexity index is 466. The number of aromatic nitrogens is 3. The van der Waals surface area contributed by atoms with Crippen LogP contribution >= 0.6 is 11.8 Å². The third-order valence-corrected chi connectivity index (χ3v) is 2.91. The molecule has 3 N–H and O–H groups in total. The van der Waals surface area contributed by atoms with E-state index in [1.165, 1.54) is 11.8 Å². The summed E-state index contributed by atoms with van der Waals surface area (Å²) in [6.07, 6.45) is 0. The van der Waals surface area contributed by atoms with E-state index in [2.05, 4.69) is 25.8 Å². The lowest BCUT2D eigenvalue weighted by atomic mass is 10.1. The number of thioether (sulfide) groups is 1. The number of nitrogens with one attached hydrogen (secondary N) is 3. The Labute approximate surface area is 116 Å². The number of aryl methyl sites for hydroxylation is 1. The molecule has 0 aliphatic carbocycles. The van der Waals surface area contributed by atoms with Gasteiger partial charge in [0.05, 0.1) is 5.25 Å². The van der Waals surface area contributed by atoms with E-state index in [1.54, 1.807) is 13.8 Å². The number of urea groups is 1. The second-order valence-corrected chi connectivity index (χ2v) is 6.46. The van der Waals surface area contributed by atoms with Gasteiger partial charge in [0, 0.05) is 5.54 Å². The van der Waals surface area contributed by atoms with Crippen LogP contribution in [0.5, 0.6) is 0 Å². The highest BCUT2D eigenvalue weighted by Gasteiger charge is 2.21. The van der Waals surface area contributed by atoms with Crippen LogP contribution in [-0.2, 0) is 4.79 Å². The summed E-state index contributed by atoms with van der Waals surface area (Å²) in [4.78, 5) is 27.4. The van der Waals surface area contributed by atoms with E-state index >= 15 is 0 Å². The highest BCUT2D eigenvalue weighted by molar-refractivity contribution is 8.00.